The van der Waals surface area contributed by atoms with E-state index in [0.29, 0.717) is 31.3 Å². The standard InChI is InChI=1S/C21H26N6O2/c1-5-19(28)26-20(27-21-24-13(2)10-14(3)25-21)22-9-8-15-12-23-18-7-6-16(29-4)11-17(15)18/h6-7,10-12,23H,5,8-9H2,1-4H3,(H2,22,24,25,26,27,28). The maximum atomic E-state index is 11.9. The van der Waals surface area contributed by atoms with Gasteiger partial charge in [-0.15, -0.1) is 0 Å². The zero-order valence-corrected chi connectivity index (χ0v) is 17.2. The van der Waals surface area contributed by atoms with E-state index in [2.05, 4.69) is 30.6 Å². The smallest absolute Gasteiger partial charge is 0.229 e. The van der Waals surface area contributed by atoms with Crippen molar-refractivity contribution in [2.24, 2.45) is 4.99 Å². The topological polar surface area (TPSA) is 104 Å². The number of hydrogen-bond donors (Lipinski definition) is 3. The first-order valence-electron chi connectivity index (χ1n) is 9.56. The van der Waals surface area contributed by atoms with E-state index >= 15 is 0 Å². The quantitative estimate of drug-likeness (QED) is 0.440. The molecule has 0 spiro atoms. The maximum absolute atomic E-state index is 11.9. The molecule has 0 radical (unpaired) electrons. The summed E-state index contributed by atoms with van der Waals surface area (Å²) in [6, 6.07) is 7.81. The number of methoxy groups -OCH3 is 1. The number of anilines is 1. The van der Waals surface area contributed by atoms with Crippen LogP contribution in [-0.4, -0.2) is 40.5 Å². The molecule has 1 amide bonds. The fourth-order valence-electron chi connectivity index (χ4n) is 3.00. The van der Waals surface area contributed by atoms with Gasteiger partial charge in [0.2, 0.25) is 17.8 Å². The third kappa shape index (κ3) is 5.31. The van der Waals surface area contributed by atoms with E-state index in [1.807, 2.05) is 44.3 Å². The highest BCUT2D eigenvalue weighted by molar-refractivity contribution is 6.03. The molecule has 0 aliphatic heterocycles. The molecule has 2 heterocycles. The number of hydrogen-bond acceptors (Lipinski definition) is 5. The summed E-state index contributed by atoms with van der Waals surface area (Å²) in [5, 5.41) is 6.91. The van der Waals surface area contributed by atoms with Gasteiger partial charge >= 0.3 is 0 Å². The van der Waals surface area contributed by atoms with Gasteiger partial charge in [0.05, 0.1) is 7.11 Å². The van der Waals surface area contributed by atoms with Crippen LogP contribution >= 0.6 is 0 Å². The largest absolute Gasteiger partial charge is 0.497 e. The van der Waals surface area contributed by atoms with Crippen LogP contribution in [0.1, 0.15) is 30.3 Å². The summed E-state index contributed by atoms with van der Waals surface area (Å²) in [5.74, 6) is 1.44. The monoisotopic (exact) mass is 394 g/mol. The molecule has 3 rings (SSSR count). The summed E-state index contributed by atoms with van der Waals surface area (Å²) in [7, 11) is 1.65. The van der Waals surface area contributed by atoms with Gasteiger partial charge in [-0.05, 0) is 50.1 Å². The predicted octanol–water partition coefficient (Wildman–Crippen LogP) is 3.12. The Hall–Kier alpha value is -3.42. The first kappa shape index (κ1) is 20.3. The normalized spacial score (nSPS) is 11.5. The van der Waals surface area contributed by atoms with Gasteiger partial charge in [-0.1, -0.05) is 6.92 Å². The van der Waals surface area contributed by atoms with Gasteiger partial charge in [0, 0.05) is 41.5 Å². The number of carbonyl (C=O) groups is 1. The fourth-order valence-corrected chi connectivity index (χ4v) is 3.00. The Labute approximate surface area is 169 Å². The van der Waals surface area contributed by atoms with Crippen molar-refractivity contribution >= 4 is 28.7 Å². The lowest BCUT2D eigenvalue weighted by atomic mass is 10.1. The van der Waals surface area contributed by atoms with E-state index in [1.165, 1.54) is 0 Å². The first-order chi connectivity index (χ1) is 14.0. The lowest BCUT2D eigenvalue weighted by Crippen LogP contribution is -2.36. The molecular formula is C21H26N6O2. The Balaban J connectivity index is 1.76. The number of benzene rings is 1. The van der Waals surface area contributed by atoms with Crippen LogP contribution in [0.5, 0.6) is 5.75 Å². The molecule has 8 nitrogen and oxygen atoms in total. The molecule has 152 valence electrons. The number of H-pyrrole nitrogens is 1. The number of aromatic nitrogens is 3. The number of fused-ring (bicyclic) bond motifs is 1. The van der Waals surface area contributed by atoms with Crippen molar-refractivity contribution in [3.8, 4) is 5.75 Å². The average molecular weight is 394 g/mol. The molecule has 3 N–H and O–H groups in total. The number of nitrogens with zero attached hydrogens (tertiary/aromatic N) is 3. The fraction of sp³-hybridized carbons (Fsp3) is 0.333. The van der Waals surface area contributed by atoms with Crippen molar-refractivity contribution in [1.82, 2.24) is 20.3 Å². The van der Waals surface area contributed by atoms with E-state index in [9.17, 15) is 4.79 Å². The number of carbonyl (C=O) groups excluding carboxylic acids is 1. The summed E-state index contributed by atoms with van der Waals surface area (Å²) < 4.78 is 5.32. The molecule has 0 saturated carbocycles. The zero-order chi connectivity index (χ0) is 20.8. The highest BCUT2D eigenvalue weighted by Gasteiger charge is 2.09. The number of aryl methyl sites for hydroxylation is 2. The molecule has 0 unspecified atom stereocenters. The molecule has 29 heavy (non-hydrogen) atoms. The second-order valence-electron chi connectivity index (χ2n) is 6.71. The Morgan fingerprint density at radius 2 is 1.97 bits per heavy atom. The van der Waals surface area contributed by atoms with Gasteiger partial charge in [-0.2, -0.15) is 0 Å². The van der Waals surface area contributed by atoms with Crippen molar-refractivity contribution < 1.29 is 9.53 Å². The molecule has 8 heteroatoms. The van der Waals surface area contributed by atoms with Gasteiger partial charge in [0.25, 0.3) is 0 Å². The Morgan fingerprint density at radius 1 is 1.21 bits per heavy atom. The highest BCUT2D eigenvalue weighted by atomic mass is 16.5. The molecule has 0 bridgehead atoms. The lowest BCUT2D eigenvalue weighted by Gasteiger charge is -2.11. The Morgan fingerprint density at radius 3 is 2.66 bits per heavy atom. The third-order valence-electron chi connectivity index (χ3n) is 4.42. The molecule has 2 aromatic heterocycles. The average Bonchev–Trinajstić information content (AvgIpc) is 3.09. The second-order valence-corrected chi connectivity index (χ2v) is 6.71. The molecule has 0 aliphatic rings. The maximum Gasteiger partial charge on any atom is 0.229 e. The van der Waals surface area contributed by atoms with Gasteiger partial charge in [0.15, 0.2) is 0 Å². The number of aromatic amines is 1. The minimum absolute atomic E-state index is 0.127. The number of rotatable bonds is 6. The summed E-state index contributed by atoms with van der Waals surface area (Å²) in [5.41, 5.74) is 3.86. The van der Waals surface area contributed by atoms with Crippen molar-refractivity contribution in [1.29, 1.82) is 0 Å². The van der Waals surface area contributed by atoms with Gasteiger partial charge in [-0.3, -0.25) is 20.4 Å². The Kier molecular flexibility index (Phi) is 6.43. The van der Waals surface area contributed by atoms with E-state index in [0.717, 1.165) is 33.6 Å². The molecule has 0 fully saturated rings. The number of amides is 1. The van der Waals surface area contributed by atoms with Crippen molar-refractivity contribution in [3.63, 3.8) is 0 Å². The number of ether oxygens (including phenoxy) is 1. The van der Waals surface area contributed by atoms with Crippen LogP contribution in [0.2, 0.25) is 0 Å². The lowest BCUT2D eigenvalue weighted by molar-refractivity contribution is -0.119. The second kappa shape index (κ2) is 9.18. The summed E-state index contributed by atoms with van der Waals surface area (Å²) in [6.45, 7) is 6.07. The number of aliphatic imine (C=N–C) groups is 1. The van der Waals surface area contributed by atoms with Crippen LogP contribution in [0.25, 0.3) is 10.9 Å². The van der Waals surface area contributed by atoms with Gasteiger partial charge < -0.3 is 9.72 Å². The minimum atomic E-state index is -0.127. The van der Waals surface area contributed by atoms with E-state index in [4.69, 9.17) is 4.74 Å². The number of guanidine groups is 1. The van der Waals surface area contributed by atoms with E-state index in [-0.39, 0.29) is 5.91 Å². The summed E-state index contributed by atoms with van der Waals surface area (Å²) in [4.78, 5) is 28.4. The van der Waals surface area contributed by atoms with Crippen molar-refractivity contribution in [3.05, 3.63) is 47.4 Å². The van der Waals surface area contributed by atoms with Gasteiger partial charge in [0.1, 0.15) is 5.75 Å². The molecule has 0 aliphatic carbocycles. The summed E-state index contributed by atoms with van der Waals surface area (Å²) >= 11 is 0. The van der Waals surface area contributed by atoms with Crippen LogP contribution in [0, 0.1) is 13.8 Å². The van der Waals surface area contributed by atoms with Crippen LogP contribution in [-0.2, 0) is 11.2 Å². The van der Waals surface area contributed by atoms with Crippen LogP contribution < -0.4 is 15.4 Å². The SMILES string of the molecule is CCC(=O)NC(=NCCc1c[nH]c2ccc(OC)cc12)Nc1nc(C)cc(C)n1. The molecule has 3 aromatic rings. The number of nitrogens with one attached hydrogen (secondary N) is 3. The van der Waals surface area contributed by atoms with Crippen molar-refractivity contribution in [2.45, 2.75) is 33.6 Å². The first-order valence-corrected chi connectivity index (χ1v) is 9.56. The van der Waals surface area contributed by atoms with Crippen LogP contribution in [0.3, 0.4) is 0 Å². The zero-order valence-electron chi connectivity index (χ0n) is 17.2. The van der Waals surface area contributed by atoms with E-state index in [1.54, 1.807) is 14.0 Å². The third-order valence-corrected chi connectivity index (χ3v) is 4.42. The Bertz CT molecular complexity index is 1020. The molecule has 0 saturated heterocycles. The summed E-state index contributed by atoms with van der Waals surface area (Å²) in [6.07, 6.45) is 3.04. The minimum Gasteiger partial charge on any atom is -0.497 e. The van der Waals surface area contributed by atoms with Gasteiger partial charge in [-0.25, -0.2) is 9.97 Å². The predicted molar refractivity (Wildman–Crippen MR) is 114 cm³/mol. The highest BCUT2D eigenvalue weighted by Crippen LogP contribution is 2.23. The van der Waals surface area contributed by atoms with E-state index < -0.39 is 0 Å². The van der Waals surface area contributed by atoms with Crippen molar-refractivity contribution in [2.75, 3.05) is 19.0 Å². The molecular weight excluding hydrogens is 368 g/mol. The van der Waals surface area contributed by atoms with Crippen LogP contribution in [0.4, 0.5) is 5.95 Å². The van der Waals surface area contributed by atoms with Crippen LogP contribution in [0.15, 0.2) is 35.5 Å². The molecule has 0 atom stereocenters. The molecule has 1 aromatic carbocycles.